The Balaban J connectivity index is 1.28. The minimum atomic E-state index is -0.621. The molecule has 3 aromatic rings. The van der Waals surface area contributed by atoms with Gasteiger partial charge in [0.05, 0.1) is 16.3 Å². The Morgan fingerprint density at radius 2 is 2.11 bits per heavy atom. The Kier molecular flexibility index (Phi) is 5.40. The Bertz CT molecular complexity index is 1020. The summed E-state index contributed by atoms with van der Waals surface area (Å²) in [6.45, 7) is 0.0582. The molecule has 0 bridgehead atoms. The second kappa shape index (κ2) is 8.11. The number of carbonyl (C=O) groups excluding carboxylic acids is 2. The van der Waals surface area contributed by atoms with Crippen LogP contribution in [0, 0.1) is 0 Å². The highest BCUT2D eigenvalue weighted by Crippen LogP contribution is 2.29. The first-order valence-electron chi connectivity index (χ1n) is 8.93. The number of aryl methyl sites for hydroxylation is 3. The van der Waals surface area contributed by atoms with Crippen LogP contribution in [-0.4, -0.2) is 21.6 Å². The van der Waals surface area contributed by atoms with E-state index in [0.29, 0.717) is 4.88 Å². The van der Waals surface area contributed by atoms with Gasteiger partial charge < -0.3 is 4.42 Å². The van der Waals surface area contributed by atoms with Crippen LogP contribution in [-0.2, 0) is 24.2 Å². The van der Waals surface area contributed by atoms with Crippen molar-refractivity contribution < 1.29 is 14.0 Å². The van der Waals surface area contributed by atoms with Crippen molar-refractivity contribution in [1.82, 2.24) is 20.6 Å². The third kappa shape index (κ3) is 4.07. The lowest BCUT2D eigenvalue weighted by Crippen LogP contribution is -2.41. The maximum absolute atomic E-state index is 12.2. The average Bonchev–Trinajstić information content (AvgIpc) is 3.43. The second-order valence-electron chi connectivity index (χ2n) is 6.39. The topological polar surface area (TPSA) is 106 Å². The molecule has 2 amide bonds. The number of hydrazine groups is 1. The molecule has 0 unspecified atom stereocenters. The number of hydrogen-bond acceptors (Lipinski definition) is 7. The number of thiophene rings is 2. The third-order valence-electron chi connectivity index (χ3n) is 4.42. The zero-order chi connectivity index (χ0) is 19.5. The van der Waals surface area contributed by atoms with E-state index in [4.69, 9.17) is 4.42 Å². The molecule has 1 aliphatic carbocycles. The lowest BCUT2D eigenvalue weighted by molar-refractivity contribution is -0.122. The zero-order valence-corrected chi connectivity index (χ0v) is 16.5. The number of fused-ring (bicyclic) bond motifs is 1. The maximum Gasteiger partial charge on any atom is 0.437 e. The number of hydrogen-bond donors (Lipinski definition) is 2. The summed E-state index contributed by atoms with van der Waals surface area (Å²) in [4.78, 5) is 38.7. The van der Waals surface area contributed by atoms with Crippen LogP contribution >= 0.6 is 22.7 Å². The largest absolute Gasteiger partial charge is 0.437 e. The molecule has 0 radical (unpaired) electrons. The number of nitrogens with one attached hydrogen (secondary N) is 2. The van der Waals surface area contributed by atoms with E-state index < -0.39 is 11.7 Å². The molecule has 0 aromatic carbocycles. The smallest absolute Gasteiger partial charge is 0.387 e. The Labute approximate surface area is 168 Å². The molecule has 0 saturated carbocycles. The van der Waals surface area contributed by atoms with Crippen molar-refractivity contribution in [3.63, 3.8) is 0 Å². The molecule has 3 heterocycles. The Morgan fingerprint density at radius 1 is 1.25 bits per heavy atom. The third-order valence-corrected chi connectivity index (χ3v) is 6.52. The van der Waals surface area contributed by atoms with Crippen molar-refractivity contribution in [1.29, 1.82) is 0 Å². The monoisotopic (exact) mass is 418 g/mol. The predicted molar refractivity (Wildman–Crippen MR) is 105 cm³/mol. The molecule has 0 aliphatic heterocycles. The van der Waals surface area contributed by atoms with Crippen molar-refractivity contribution in [2.45, 2.75) is 38.6 Å². The molecule has 0 saturated heterocycles. The van der Waals surface area contributed by atoms with Crippen LogP contribution in [0.15, 0.2) is 32.8 Å². The van der Waals surface area contributed by atoms with Gasteiger partial charge in [0.2, 0.25) is 5.91 Å². The molecule has 0 fully saturated rings. The van der Waals surface area contributed by atoms with Gasteiger partial charge in [-0.3, -0.25) is 20.4 Å². The number of rotatable bonds is 5. The van der Waals surface area contributed by atoms with Crippen molar-refractivity contribution in [3.8, 4) is 10.8 Å². The molecule has 0 spiro atoms. The van der Waals surface area contributed by atoms with Crippen molar-refractivity contribution in [2.75, 3.05) is 0 Å². The fourth-order valence-corrected chi connectivity index (χ4v) is 4.80. The van der Waals surface area contributed by atoms with Gasteiger partial charge >= 0.3 is 5.76 Å². The normalized spacial score (nSPS) is 13.1. The summed E-state index contributed by atoms with van der Waals surface area (Å²) < 4.78 is 6.19. The van der Waals surface area contributed by atoms with Crippen LogP contribution in [0.4, 0.5) is 0 Å². The van der Waals surface area contributed by atoms with Crippen LogP contribution in [0.25, 0.3) is 10.8 Å². The molecule has 2 N–H and O–H groups in total. The van der Waals surface area contributed by atoms with E-state index in [1.54, 1.807) is 6.07 Å². The summed E-state index contributed by atoms with van der Waals surface area (Å²) in [5.41, 5.74) is 6.05. The van der Waals surface area contributed by atoms with Gasteiger partial charge in [0.15, 0.2) is 0 Å². The zero-order valence-electron chi connectivity index (χ0n) is 14.9. The number of amides is 2. The molecule has 28 heavy (non-hydrogen) atoms. The van der Waals surface area contributed by atoms with Gasteiger partial charge in [0.25, 0.3) is 11.8 Å². The Hall–Kier alpha value is -2.72. The molecule has 1 aliphatic rings. The van der Waals surface area contributed by atoms with Crippen LogP contribution in [0.1, 0.15) is 39.4 Å². The SMILES string of the molecule is O=C(CCn1nc(-c2cccs2)oc1=O)NNC(=O)c1cc2c(s1)CCCC2. The average molecular weight is 419 g/mol. The lowest BCUT2D eigenvalue weighted by Gasteiger charge is -2.08. The molecular weight excluding hydrogens is 400 g/mol. The molecule has 146 valence electrons. The van der Waals surface area contributed by atoms with Crippen molar-refractivity contribution in [2.24, 2.45) is 0 Å². The summed E-state index contributed by atoms with van der Waals surface area (Å²) in [6, 6.07) is 5.53. The van der Waals surface area contributed by atoms with E-state index in [9.17, 15) is 14.4 Å². The highest BCUT2D eigenvalue weighted by Gasteiger charge is 2.18. The van der Waals surface area contributed by atoms with E-state index in [2.05, 4.69) is 16.0 Å². The summed E-state index contributed by atoms with van der Waals surface area (Å²) in [6.07, 6.45) is 4.31. The summed E-state index contributed by atoms with van der Waals surface area (Å²) in [5, 5.41) is 5.94. The Morgan fingerprint density at radius 3 is 2.89 bits per heavy atom. The van der Waals surface area contributed by atoms with Gasteiger partial charge in [0.1, 0.15) is 0 Å². The quantitative estimate of drug-likeness (QED) is 0.619. The molecule has 0 atom stereocenters. The number of carbonyl (C=O) groups is 2. The van der Waals surface area contributed by atoms with E-state index >= 15 is 0 Å². The fraction of sp³-hybridized carbons (Fsp3) is 0.333. The second-order valence-corrected chi connectivity index (χ2v) is 8.48. The lowest BCUT2D eigenvalue weighted by atomic mass is 9.99. The molecule has 4 rings (SSSR count). The minimum absolute atomic E-state index is 0.0163. The van der Waals surface area contributed by atoms with Gasteiger partial charge in [0, 0.05) is 11.3 Å². The predicted octanol–water partition coefficient (Wildman–Crippen LogP) is 2.36. The minimum Gasteiger partial charge on any atom is -0.387 e. The fourth-order valence-electron chi connectivity index (χ4n) is 3.01. The van der Waals surface area contributed by atoms with Gasteiger partial charge in [-0.05, 0) is 48.8 Å². The molecule has 10 heteroatoms. The van der Waals surface area contributed by atoms with E-state index in [-0.39, 0.29) is 24.8 Å². The standard InChI is InChI=1S/C18H18N4O4S2/c23-15(7-8-22-18(25)26-17(21-22)13-6-3-9-27-13)19-20-16(24)14-10-11-4-1-2-5-12(11)28-14/h3,6,9-10H,1-2,4-5,7-8H2,(H,19,23)(H,20,24). The summed E-state index contributed by atoms with van der Waals surface area (Å²) >= 11 is 2.89. The molecule has 8 nitrogen and oxygen atoms in total. The molecule has 3 aromatic heterocycles. The summed E-state index contributed by atoms with van der Waals surface area (Å²) in [7, 11) is 0. The first-order chi connectivity index (χ1) is 13.6. The van der Waals surface area contributed by atoms with E-state index in [1.165, 1.54) is 33.1 Å². The van der Waals surface area contributed by atoms with E-state index in [0.717, 1.165) is 35.2 Å². The van der Waals surface area contributed by atoms with Gasteiger partial charge in [-0.25, -0.2) is 4.79 Å². The van der Waals surface area contributed by atoms with Crippen LogP contribution < -0.4 is 16.6 Å². The maximum atomic E-state index is 12.2. The molecular formula is C18H18N4O4S2. The summed E-state index contributed by atoms with van der Waals surface area (Å²) in [5.74, 6) is -1.13. The van der Waals surface area contributed by atoms with Gasteiger partial charge in [-0.1, -0.05) is 6.07 Å². The van der Waals surface area contributed by atoms with Crippen LogP contribution in [0.2, 0.25) is 0 Å². The number of nitrogens with zero attached hydrogens (tertiary/aromatic N) is 2. The van der Waals surface area contributed by atoms with Crippen molar-refractivity contribution >= 4 is 34.5 Å². The number of aromatic nitrogens is 2. The highest BCUT2D eigenvalue weighted by molar-refractivity contribution is 7.14. The first kappa shape index (κ1) is 18.6. The highest BCUT2D eigenvalue weighted by atomic mass is 32.1. The van der Waals surface area contributed by atoms with Crippen LogP contribution in [0.5, 0.6) is 0 Å². The first-order valence-corrected chi connectivity index (χ1v) is 10.6. The van der Waals surface area contributed by atoms with E-state index in [1.807, 2.05) is 17.5 Å². The van der Waals surface area contributed by atoms with Crippen LogP contribution in [0.3, 0.4) is 0 Å². The van der Waals surface area contributed by atoms with Crippen molar-refractivity contribution in [3.05, 3.63) is 49.4 Å². The van der Waals surface area contributed by atoms with Gasteiger partial charge in [-0.2, -0.15) is 4.68 Å². The van der Waals surface area contributed by atoms with Gasteiger partial charge in [-0.15, -0.1) is 27.8 Å².